The number of guanidine groups is 1. The van der Waals surface area contributed by atoms with Gasteiger partial charge in [-0.2, -0.15) is 18.4 Å². The second-order valence-corrected chi connectivity index (χ2v) is 10.7. The Bertz CT molecular complexity index is 1140. The van der Waals surface area contributed by atoms with Gasteiger partial charge in [0.25, 0.3) is 0 Å². The lowest BCUT2D eigenvalue weighted by Gasteiger charge is -2.37. The molecule has 5 atom stereocenters. The number of carbonyl (C=O) groups is 1. The van der Waals surface area contributed by atoms with Gasteiger partial charge < -0.3 is 30.3 Å². The Kier molecular flexibility index (Phi) is 7.23. The van der Waals surface area contributed by atoms with E-state index in [1.54, 1.807) is 23.1 Å². The summed E-state index contributed by atoms with van der Waals surface area (Å²) in [6, 6.07) is 1.25. The smallest absolute Gasteiger partial charge is 0.379 e. The molecule has 4 heterocycles. The normalized spacial score (nSPS) is 31.6. The number of aromatic nitrogens is 1. The number of hydrogen-bond acceptors (Lipinski definition) is 7. The van der Waals surface area contributed by atoms with Crippen LogP contribution in [0.4, 0.5) is 13.2 Å². The second-order valence-electron chi connectivity index (χ2n) is 10.7. The minimum Gasteiger partial charge on any atom is -0.379 e. The number of ether oxygens (including phenoxy) is 2. The first-order chi connectivity index (χ1) is 18.1. The van der Waals surface area contributed by atoms with Gasteiger partial charge in [-0.25, -0.2) is 0 Å². The standard InChI is InChI=1S/C25H32F3N7O3/c1-37-21-12-38-5-3-20(21)33-18-7-17-11-35(23(30)32-14-29)13-24(17,8-18)22(36)34-4-2-19-15(10-34)6-16(9-31-19)25(26,27)28/h6,9,17-18,20-21,33H,2-5,7-8,10-13H2,1H3,(H2,30,32)/t17-,18+,20-,21+,24-/m0/s1. The van der Waals surface area contributed by atoms with Gasteiger partial charge in [-0.15, -0.1) is 4.99 Å². The third-order valence-corrected chi connectivity index (χ3v) is 8.50. The summed E-state index contributed by atoms with van der Waals surface area (Å²) in [6.07, 6.45) is 0.431. The summed E-state index contributed by atoms with van der Waals surface area (Å²) >= 11 is 0. The summed E-state index contributed by atoms with van der Waals surface area (Å²) in [7, 11) is 1.66. The van der Waals surface area contributed by atoms with Crippen molar-refractivity contribution in [3.63, 3.8) is 0 Å². The SMILES string of the molecule is CO[C@@H]1COCC[C@@H]1N[C@@H]1C[C@H]2CN(/C(N)=N/C#N)C[C@@]2(C(=O)N2CCc3ncc(C(F)(F)F)cc3C2)C1. The Morgan fingerprint density at radius 2 is 2.24 bits per heavy atom. The molecule has 4 aliphatic rings. The summed E-state index contributed by atoms with van der Waals surface area (Å²) in [5.74, 6) is -0.0790. The van der Waals surface area contributed by atoms with Crippen LogP contribution in [0.1, 0.15) is 36.1 Å². The van der Waals surface area contributed by atoms with Crippen LogP contribution in [0.25, 0.3) is 0 Å². The number of aliphatic imine (C=N–C) groups is 1. The average molecular weight is 536 g/mol. The van der Waals surface area contributed by atoms with Crippen molar-refractivity contribution in [3.8, 4) is 6.19 Å². The van der Waals surface area contributed by atoms with Gasteiger partial charge in [-0.3, -0.25) is 9.78 Å². The van der Waals surface area contributed by atoms with Crippen molar-refractivity contribution in [1.82, 2.24) is 20.1 Å². The van der Waals surface area contributed by atoms with Crippen LogP contribution in [0.3, 0.4) is 0 Å². The molecule has 0 radical (unpaired) electrons. The van der Waals surface area contributed by atoms with Gasteiger partial charge in [0.1, 0.15) is 0 Å². The number of methoxy groups -OCH3 is 1. The number of nitrogens with zero attached hydrogens (tertiary/aromatic N) is 5. The van der Waals surface area contributed by atoms with Crippen LogP contribution in [0.2, 0.25) is 0 Å². The van der Waals surface area contributed by atoms with E-state index in [1.165, 1.54) is 0 Å². The van der Waals surface area contributed by atoms with Crippen molar-refractivity contribution in [2.24, 2.45) is 22.1 Å². The molecule has 13 heteroatoms. The van der Waals surface area contributed by atoms with Crippen molar-refractivity contribution in [2.45, 2.75) is 56.6 Å². The fourth-order valence-electron chi connectivity index (χ4n) is 6.63. The van der Waals surface area contributed by atoms with Crippen molar-refractivity contribution >= 4 is 11.9 Å². The molecule has 5 rings (SSSR count). The molecule has 3 N–H and O–H groups in total. The minimum absolute atomic E-state index is 0.0524. The molecule has 1 aliphatic carbocycles. The fourth-order valence-corrected chi connectivity index (χ4v) is 6.63. The van der Waals surface area contributed by atoms with E-state index in [9.17, 15) is 18.0 Å². The predicted molar refractivity (Wildman–Crippen MR) is 129 cm³/mol. The van der Waals surface area contributed by atoms with Gasteiger partial charge in [-0.05, 0) is 36.8 Å². The number of fused-ring (bicyclic) bond motifs is 2. The summed E-state index contributed by atoms with van der Waals surface area (Å²) < 4.78 is 51.1. The summed E-state index contributed by atoms with van der Waals surface area (Å²) in [6.45, 7) is 2.37. The van der Waals surface area contributed by atoms with Gasteiger partial charge >= 0.3 is 6.18 Å². The van der Waals surface area contributed by atoms with Gasteiger partial charge in [0.2, 0.25) is 18.1 Å². The first-order valence-electron chi connectivity index (χ1n) is 12.8. The molecule has 0 aromatic carbocycles. The molecule has 206 valence electrons. The van der Waals surface area contributed by atoms with E-state index in [0.29, 0.717) is 56.9 Å². The van der Waals surface area contributed by atoms with E-state index in [2.05, 4.69) is 15.3 Å². The van der Waals surface area contributed by atoms with Crippen LogP contribution in [0.15, 0.2) is 17.3 Å². The van der Waals surface area contributed by atoms with Crippen LogP contribution in [0, 0.1) is 22.8 Å². The van der Waals surface area contributed by atoms with E-state index < -0.39 is 17.2 Å². The lowest BCUT2D eigenvalue weighted by molar-refractivity contribution is -0.143. The van der Waals surface area contributed by atoms with E-state index in [-0.39, 0.29) is 42.5 Å². The Morgan fingerprint density at radius 1 is 1.42 bits per heavy atom. The van der Waals surface area contributed by atoms with Gasteiger partial charge in [-0.1, -0.05) is 0 Å². The predicted octanol–water partition coefficient (Wildman–Crippen LogP) is 1.25. The van der Waals surface area contributed by atoms with Gasteiger partial charge in [0.15, 0.2) is 0 Å². The molecule has 0 bridgehead atoms. The highest BCUT2D eigenvalue weighted by molar-refractivity contribution is 5.87. The molecular formula is C25H32F3N7O3. The molecule has 0 unspecified atom stereocenters. The van der Waals surface area contributed by atoms with E-state index in [4.69, 9.17) is 20.5 Å². The summed E-state index contributed by atoms with van der Waals surface area (Å²) in [4.78, 5) is 25.4. The lowest BCUT2D eigenvalue weighted by Crippen LogP contribution is -2.52. The summed E-state index contributed by atoms with van der Waals surface area (Å²) in [5.41, 5.74) is 5.43. The van der Waals surface area contributed by atoms with Gasteiger partial charge in [0.05, 0.1) is 23.7 Å². The lowest BCUT2D eigenvalue weighted by atomic mass is 9.78. The van der Waals surface area contributed by atoms with Crippen LogP contribution in [-0.4, -0.2) is 84.8 Å². The molecule has 3 aliphatic heterocycles. The molecule has 1 saturated carbocycles. The van der Waals surface area contributed by atoms with Crippen LogP contribution in [-0.2, 0) is 33.4 Å². The largest absolute Gasteiger partial charge is 0.417 e. The number of halogens is 3. The maximum Gasteiger partial charge on any atom is 0.417 e. The molecule has 38 heavy (non-hydrogen) atoms. The number of nitrogens with one attached hydrogen (secondary N) is 1. The maximum atomic E-state index is 14.2. The molecular weight excluding hydrogens is 503 g/mol. The topological polar surface area (TPSA) is 129 Å². The molecule has 2 saturated heterocycles. The Hall–Kier alpha value is -2.95. The highest BCUT2D eigenvalue weighted by atomic mass is 19.4. The van der Waals surface area contributed by atoms with Crippen molar-refractivity contribution in [1.29, 1.82) is 5.26 Å². The number of amides is 1. The van der Waals surface area contributed by atoms with E-state index in [1.807, 2.05) is 0 Å². The Balaban J connectivity index is 1.38. The number of nitriles is 1. The first-order valence-corrected chi connectivity index (χ1v) is 12.8. The number of pyridine rings is 1. The van der Waals surface area contributed by atoms with Crippen molar-refractivity contribution in [3.05, 3.63) is 29.1 Å². The molecule has 10 nitrogen and oxygen atoms in total. The number of carbonyl (C=O) groups excluding carboxylic acids is 1. The van der Waals surface area contributed by atoms with E-state index in [0.717, 1.165) is 25.1 Å². The van der Waals surface area contributed by atoms with Crippen LogP contribution < -0.4 is 11.1 Å². The molecule has 0 spiro atoms. The quantitative estimate of drug-likeness (QED) is 0.335. The molecule has 1 aromatic heterocycles. The minimum atomic E-state index is -4.50. The summed E-state index contributed by atoms with van der Waals surface area (Å²) in [5, 5.41) is 12.7. The highest BCUT2D eigenvalue weighted by Gasteiger charge is 2.59. The molecule has 1 amide bonds. The third-order valence-electron chi connectivity index (χ3n) is 8.50. The molecule has 3 fully saturated rings. The maximum absolute atomic E-state index is 14.2. The van der Waals surface area contributed by atoms with Crippen molar-refractivity contribution in [2.75, 3.05) is 40.0 Å². The molecule has 1 aromatic rings. The second kappa shape index (κ2) is 10.3. The highest BCUT2D eigenvalue weighted by Crippen LogP contribution is 2.50. The van der Waals surface area contributed by atoms with Crippen molar-refractivity contribution < 1.29 is 27.4 Å². The fraction of sp³-hybridized carbons (Fsp3) is 0.680. The number of alkyl halides is 3. The zero-order chi connectivity index (χ0) is 27.1. The first kappa shape index (κ1) is 26.6. The number of likely N-dealkylation sites (tertiary alicyclic amines) is 1. The van der Waals surface area contributed by atoms with E-state index >= 15 is 0 Å². The average Bonchev–Trinajstić information content (AvgIpc) is 3.42. The zero-order valence-electron chi connectivity index (χ0n) is 21.2. The Labute approximate surface area is 219 Å². The van der Waals surface area contributed by atoms with Crippen LogP contribution >= 0.6 is 0 Å². The number of rotatable bonds is 4. The van der Waals surface area contributed by atoms with Gasteiger partial charge in [0, 0.05) is 70.3 Å². The Morgan fingerprint density at radius 3 is 2.97 bits per heavy atom. The zero-order valence-corrected chi connectivity index (χ0v) is 21.2. The number of nitrogens with two attached hydrogens (primary N) is 1. The third kappa shape index (κ3) is 4.92. The number of hydrogen-bond donors (Lipinski definition) is 2. The monoisotopic (exact) mass is 535 g/mol. The van der Waals surface area contributed by atoms with Crippen LogP contribution in [0.5, 0.6) is 0 Å².